The maximum atomic E-state index is 13.1. The maximum absolute atomic E-state index is 13.1. The summed E-state index contributed by atoms with van der Waals surface area (Å²) in [6.45, 7) is 2.62. The highest BCUT2D eigenvalue weighted by atomic mass is 32.2. The summed E-state index contributed by atoms with van der Waals surface area (Å²) in [6, 6.07) is 1.28. The molecule has 25 heavy (non-hydrogen) atoms. The normalized spacial score (nSPS) is 12.8. The van der Waals surface area contributed by atoms with Crippen LogP contribution in [0.5, 0.6) is 0 Å². The molecule has 1 aromatic carbocycles. The summed E-state index contributed by atoms with van der Waals surface area (Å²) in [4.78, 5) is 19.0. The molecule has 1 rings (SSSR count). The molecule has 0 spiro atoms. The Balaban J connectivity index is 3.33. The van der Waals surface area contributed by atoms with Crippen molar-refractivity contribution in [1.82, 2.24) is 4.72 Å². The molecule has 0 amide bonds. The third-order valence-corrected chi connectivity index (χ3v) is 4.90. The lowest BCUT2D eigenvalue weighted by Gasteiger charge is -2.26. The van der Waals surface area contributed by atoms with Crippen molar-refractivity contribution >= 4 is 21.7 Å². The molecule has 0 radical (unpaired) electrons. The van der Waals surface area contributed by atoms with E-state index in [4.69, 9.17) is 5.11 Å². The van der Waals surface area contributed by atoms with Gasteiger partial charge in [-0.25, -0.2) is 13.1 Å². The van der Waals surface area contributed by atoms with Crippen molar-refractivity contribution in [1.29, 1.82) is 0 Å². The van der Waals surface area contributed by atoms with Crippen molar-refractivity contribution in [2.45, 2.75) is 43.3 Å². The summed E-state index contributed by atoms with van der Waals surface area (Å²) in [6.07, 6.45) is -5.71. The number of hydrogen-bond donors (Lipinski definition) is 2. The van der Waals surface area contributed by atoms with Crippen molar-refractivity contribution in [2.75, 3.05) is 0 Å². The number of alkyl halides is 3. The number of nitrogens with zero attached hydrogens (tertiary/aromatic N) is 1. The first-order valence-corrected chi connectivity index (χ1v) is 8.25. The lowest BCUT2D eigenvalue weighted by molar-refractivity contribution is -0.385. The van der Waals surface area contributed by atoms with Gasteiger partial charge in [0.05, 0.1) is 15.4 Å². The number of nitro groups is 1. The number of halogens is 3. The molecule has 0 unspecified atom stereocenters. The van der Waals surface area contributed by atoms with E-state index in [0.29, 0.717) is 12.1 Å². The second-order valence-corrected chi connectivity index (χ2v) is 7.47. The molecule has 0 bridgehead atoms. The van der Waals surface area contributed by atoms with Crippen LogP contribution in [-0.2, 0) is 21.0 Å². The van der Waals surface area contributed by atoms with E-state index >= 15 is 0 Å². The first kappa shape index (κ1) is 20.8. The van der Waals surface area contributed by atoms with Gasteiger partial charge in [0.1, 0.15) is 0 Å². The number of aliphatic carboxylic acids is 1. The molecule has 8 nitrogen and oxygen atoms in total. The lowest BCUT2D eigenvalue weighted by atomic mass is 10.0. The number of hydrogen-bond acceptors (Lipinski definition) is 5. The standard InChI is InChI=1S/C13H15F3N2O6S/c1-12(2,6-5-11(19)20)17-25(23,24)10-4-3-8(18(21)22)7-9(10)13(14,15)16/h3-4,7,17H,5-6H2,1-2H3,(H,19,20). The molecule has 1 aromatic rings. The van der Waals surface area contributed by atoms with E-state index in [1.807, 2.05) is 4.72 Å². The summed E-state index contributed by atoms with van der Waals surface area (Å²) < 4.78 is 66.0. The number of carbonyl (C=O) groups is 1. The Hall–Kier alpha value is -2.21. The van der Waals surface area contributed by atoms with Gasteiger partial charge in [0.15, 0.2) is 0 Å². The molecule has 0 fully saturated rings. The minimum Gasteiger partial charge on any atom is -0.481 e. The number of benzene rings is 1. The number of sulfonamides is 1. The molecule has 0 aliphatic rings. The SMILES string of the molecule is CC(C)(CCC(=O)O)NS(=O)(=O)c1ccc([N+](=O)[O-])cc1C(F)(F)F. The van der Waals surface area contributed by atoms with Crippen LogP contribution in [0.15, 0.2) is 23.1 Å². The highest BCUT2D eigenvalue weighted by Crippen LogP contribution is 2.36. The second-order valence-electron chi connectivity index (χ2n) is 5.82. The highest BCUT2D eigenvalue weighted by molar-refractivity contribution is 7.89. The highest BCUT2D eigenvalue weighted by Gasteiger charge is 2.40. The van der Waals surface area contributed by atoms with Crippen LogP contribution in [0.3, 0.4) is 0 Å². The molecule has 0 aliphatic heterocycles. The molecule has 12 heteroatoms. The summed E-state index contributed by atoms with van der Waals surface area (Å²) >= 11 is 0. The van der Waals surface area contributed by atoms with Gasteiger partial charge in [0, 0.05) is 24.1 Å². The van der Waals surface area contributed by atoms with Crippen LogP contribution in [0.2, 0.25) is 0 Å². The van der Waals surface area contributed by atoms with E-state index in [0.717, 1.165) is 0 Å². The van der Waals surface area contributed by atoms with E-state index in [1.54, 1.807) is 0 Å². The van der Waals surface area contributed by atoms with Gasteiger partial charge in [0.25, 0.3) is 5.69 Å². The first-order valence-electron chi connectivity index (χ1n) is 6.77. The van der Waals surface area contributed by atoms with Crippen molar-refractivity contribution in [3.8, 4) is 0 Å². The quantitative estimate of drug-likeness (QED) is 0.549. The first-order chi connectivity index (χ1) is 11.2. The van der Waals surface area contributed by atoms with Gasteiger partial charge in [-0.2, -0.15) is 13.2 Å². The molecule has 0 aliphatic carbocycles. The van der Waals surface area contributed by atoms with E-state index in [1.165, 1.54) is 13.8 Å². The van der Waals surface area contributed by atoms with Crippen LogP contribution in [0, 0.1) is 10.1 Å². The number of rotatable bonds is 7. The summed E-state index contributed by atoms with van der Waals surface area (Å²) in [5.74, 6) is -1.20. The van der Waals surface area contributed by atoms with E-state index < -0.39 is 55.2 Å². The molecule has 0 aromatic heterocycles. The van der Waals surface area contributed by atoms with Crippen LogP contribution in [0.4, 0.5) is 18.9 Å². The molecular weight excluding hydrogens is 369 g/mol. The maximum Gasteiger partial charge on any atom is 0.417 e. The summed E-state index contributed by atoms with van der Waals surface area (Å²) in [5, 5.41) is 19.3. The van der Waals surface area contributed by atoms with Gasteiger partial charge in [-0.3, -0.25) is 14.9 Å². The van der Waals surface area contributed by atoms with Crippen LogP contribution in [0.1, 0.15) is 32.3 Å². The van der Waals surface area contributed by atoms with Crippen LogP contribution < -0.4 is 4.72 Å². The monoisotopic (exact) mass is 384 g/mol. The van der Waals surface area contributed by atoms with Gasteiger partial charge in [-0.05, 0) is 26.3 Å². The summed E-state index contributed by atoms with van der Waals surface area (Å²) in [7, 11) is -4.71. The van der Waals surface area contributed by atoms with E-state index in [-0.39, 0.29) is 12.5 Å². The number of non-ortho nitro benzene ring substituents is 1. The molecule has 140 valence electrons. The Labute approximate surface area is 140 Å². The summed E-state index contributed by atoms with van der Waals surface area (Å²) in [5.41, 5.74) is -3.93. The Morgan fingerprint density at radius 1 is 1.32 bits per heavy atom. The van der Waals surface area contributed by atoms with Crippen molar-refractivity contribution in [2.24, 2.45) is 0 Å². The number of carboxylic acid groups (broad SMARTS) is 1. The zero-order valence-electron chi connectivity index (χ0n) is 13.1. The van der Waals surface area contributed by atoms with Gasteiger partial charge in [-0.1, -0.05) is 0 Å². The Kier molecular flexibility index (Phi) is 5.80. The van der Waals surface area contributed by atoms with Crippen molar-refractivity contribution in [3.05, 3.63) is 33.9 Å². The fourth-order valence-electron chi connectivity index (χ4n) is 1.98. The smallest absolute Gasteiger partial charge is 0.417 e. The van der Waals surface area contributed by atoms with Crippen LogP contribution in [0.25, 0.3) is 0 Å². The minimum atomic E-state index is -5.14. The fourth-order valence-corrected chi connectivity index (χ4v) is 3.63. The average Bonchev–Trinajstić information content (AvgIpc) is 2.42. The van der Waals surface area contributed by atoms with Crippen molar-refractivity contribution < 1.29 is 36.4 Å². The Bertz CT molecular complexity index is 789. The van der Waals surface area contributed by atoms with E-state index in [2.05, 4.69) is 0 Å². The topological polar surface area (TPSA) is 127 Å². The molecule has 2 N–H and O–H groups in total. The van der Waals surface area contributed by atoms with E-state index in [9.17, 15) is 36.5 Å². The predicted octanol–water partition coefficient (Wildman–Crippen LogP) is 2.54. The predicted molar refractivity (Wildman–Crippen MR) is 79.4 cm³/mol. The third-order valence-electron chi connectivity index (χ3n) is 3.14. The van der Waals surface area contributed by atoms with Gasteiger partial charge < -0.3 is 5.11 Å². The molecule has 0 atom stereocenters. The number of nitrogens with one attached hydrogen (secondary N) is 1. The Morgan fingerprint density at radius 3 is 2.32 bits per heavy atom. The van der Waals surface area contributed by atoms with Crippen molar-refractivity contribution in [3.63, 3.8) is 0 Å². The molecule has 0 saturated carbocycles. The van der Waals surface area contributed by atoms with Crippen LogP contribution in [-0.4, -0.2) is 30.0 Å². The van der Waals surface area contributed by atoms with Crippen LogP contribution >= 0.6 is 0 Å². The zero-order chi connectivity index (χ0) is 19.6. The number of carboxylic acids is 1. The fraction of sp³-hybridized carbons (Fsp3) is 0.462. The minimum absolute atomic E-state index is 0.138. The second kappa shape index (κ2) is 6.96. The third kappa shape index (κ3) is 5.67. The largest absolute Gasteiger partial charge is 0.481 e. The van der Waals surface area contributed by atoms with Gasteiger partial charge in [-0.15, -0.1) is 0 Å². The molecule has 0 heterocycles. The molecule has 0 saturated heterocycles. The zero-order valence-corrected chi connectivity index (χ0v) is 13.9. The Morgan fingerprint density at radius 2 is 1.88 bits per heavy atom. The lowest BCUT2D eigenvalue weighted by Crippen LogP contribution is -2.44. The van der Waals surface area contributed by atoms with Gasteiger partial charge in [0.2, 0.25) is 10.0 Å². The number of nitro benzene ring substituents is 1. The van der Waals surface area contributed by atoms with Gasteiger partial charge >= 0.3 is 12.1 Å². The average molecular weight is 384 g/mol. The molecular formula is C13H15F3N2O6S.